The molecule has 2 aromatic heterocycles. The van der Waals surface area contributed by atoms with Gasteiger partial charge in [0, 0.05) is 62.0 Å². The zero-order valence-corrected chi connectivity index (χ0v) is 21.4. The van der Waals surface area contributed by atoms with E-state index in [9.17, 15) is 9.50 Å². The third kappa shape index (κ3) is 5.55. The molecule has 5 rings (SSSR count). The number of hydrogen-bond donors (Lipinski definition) is 2. The Morgan fingerprint density at radius 2 is 1.76 bits per heavy atom. The number of anilines is 1. The molecule has 0 saturated carbocycles. The molecule has 6 nitrogen and oxygen atoms in total. The molecule has 3 N–H and O–H groups in total. The SMILES string of the molecule is C[C@H]1CN(c2ccncc2CCc2ccc(F)c(-c3c(F)cc(C4CCOCC4)cc3F)n2)C[C@@H](N)[C@@H]1O. The molecule has 0 unspecified atom stereocenters. The van der Waals surface area contributed by atoms with E-state index in [1.807, 2.05) is 13.0 Å². The van der Waals surface area contributed by atoms with Gasteiger partial charge in [0.1, 0.15) is 23.1 Å². The second-order valence-corrected chi connectivity index (χ2v) is 10.4. The molecule has 202 valence electrons. The fraction of sp³-hybridized carbons (Fsp3) is 0.448. The van der Waals surface area contributed by atoms with Crippen LogP contribution in [-0.2, 0) is 17.6 Å². The van der Waals surface area contributed by atoms with Crippen LogP contribution in [0.5, 0.6) is 0 Å². The molecule has 2 aliphatic rings. The van der Waals surface area contributed by atoms with Gasteiger partial charge in [0.05, 0.1) is 11.7 Å². The maximum atomic E-state index is 15.1. The van der Waals surface area contributed by atoms with Crippen molar-refractivity contribution >= 4 is 5.69 Å². The molecule has 0 bridgehead atoms. The number of aromatic nitrogens is 2. The molecular weight excluding hydrogens is 493 g/mol. The lowest BCUT2D eigenvalue weighted by atomic mass is 9.90. The minimum atomic E-state index is -0.817. The zero-order valence-electron chi connectivity index (χ0n) is 21.4. The van der Waals surface area contributed by atoms with Gasteiger partial charge in [-0.15, -0.1) is 0 Å². The van der Waals surface area contributed by atoms with Gasteiger partial charge in [-0.2, -0.15) is 0 Å². The Labute approximate surface area is 220 Å². The van der Waals surface area contributed by atoms with E-state index in [1.54, 1.807) is 12.4 Å². The minimum absolute atomic E-state index is 0.0142. The molecule has 0 aliphatic carbocycles. The molecule has 3 aromatic rings. The predicted molar refractivity (Wildman–Crippen MR) is 139 cm³/mol. The number of ether oxygens (including phenoxy) is 1. The normalized spacial score (nSPS) is 22.6. The van der Waals surface area contributed by atoms with Gasteiger partial charge in [-0.05, 0) is 73.1 Å². The number of hydrogen-bond acceptors (Lipinski definition) is 6. The third-order valence-corrected chi connectivity index (χ3v) is 7.73. The van der Waals surface area contributed by atoms with Gasteiger partial charge in [0.2, 0.25) is 0 Å². The van der Waals surface area contributed by atoms with Crippen LogP contribution in [0.4, 0.5) is 18.9 Å². The summed E-state index contributed by atoms with van der Waals surface area (Å²) in [6, 6.07) is 6.90. The number of rotatable bonds is 6. The zero-order chi connectivity index (χ0) is 26.8. The first kappa shape index (κ1) is 26.6. The van der Waals surface area contributed by atoms with Crippen molar-refractivity contribution in [3.05, 3.63) is 77.0 Å². The van der Waals surface area contributed by atoms with Crippen LogP contribution in [0.3, 0.4) is 0 Å². The fourth-order valence-electron chi connectivity index (χ4n) is 5.58. The van der Waals surface area contributed by atoms with Gasteiger partial charge in [0.15, 0.2) is 0 Å². The molecule has 0 amide bonds. The van der Waals surface area contributed by atoms with Crippen LogP contribution in [0.15, 0.2) is 42.7 Å². The van der Waals surface area contributed by atoms with Gasteiger partial charge in [0.25, 0.3) is 0 Å². The molecule has 2 saturated heterocycles. The number of pyridine rings is 2. The molecule has 2 fully saturated rings. The molecule has 9 heteroatoms. The number of halogens is 3. The number of nitrogens with zero attached hydrogens (tertiary/aromatic N) is 3. The molecule has 2 aliphatic heterocycles. The summed E-state index contributed by atoms with van der Waals surface area (Å²) in [5.41, 5.74) is 8.38. The average molecular weight is 527 g/mol. The quantitative estimate of drug-likeness (QED) is 0.496. The topological polar surface area (TPSA) is 84.5 Å². The number of aryl methyl sites for hydroxylation is 2. The maximum absolute atomic E-state index is 15.1. The lowest BCUT2D eigenvalue weighted by Gasteiger charge is -2.40. The van der Waals surface area contributed by atoms with Crippen LogP contribution in [0.1, 0.15) is 42.5 Å². The van der Waals surface area contributed by atoms with Crippen LogP contribution >= 0.6 is 0 Å². The maximum Gasteiger partial charge on any atom is 0.149 e. The van der Waals surface area contributed by atoms with Crippen LogP contribution < -0.4 is 10.6 Å². The third-order valence-electron chi connectivity index (χ3n) is 7.73. The van der Waals surface area contributed by atoms with E-state index >= 15 is 8.78 Å². The van der Waals surface area contributed by atoms with E-state index in [0.717, 1.165) is 11.3 Å². The molecule has 0 radical (unpaired) electrons. The predicted octanol–water partition coefficient (Wildman–Crippen LogP) is 4.38. The lowest BCUT2D eigenvalue weighted by molar-refractivity contribution is 0.0784. The standard InChI is InChI=1S/C29H33F3N4O2/c1-17-15-36(16-25(33)29(17)37)26-6-9-34-14-19(26)2-3-21-4-5-22(30)28(35-21)27-23(31)12-20(13-24(27)32)18-7-10-38-11-8-18/h4-6,9,12-14,17-18,25,29,37H,2-3,7-8,10-11,15-16,33H2,1H3/t17-,25+,29+/m0/s1. The molecule has 3 atom stereocenters. The number of aliphatic hydroxyl groups is 1. The van der Waals surface area contributed by atoms with Crippen molar-refractivity contribution in [3.63, 3.8) is 0 Å². The van der Waals surface area contributed by atoms with E-state index in [0.29, 0.717) is 63.2 Å². The summed E-state index contributed by atoms with van der Waals surface area (Å²) in [6.07, 6.45) is 5.29. The average Bonchev–Trinajstić information content (AvgIpc) is 2.92. The summed E-state index contributed by atoms with van der Waals surface area (Å²) in [5.74, 6) is -2.38. The molecule has 0 spiro atoms. The Bertz CT molecular complexity index is 1250. The summed E-state index contributed by atoms with van der Waals surface area (Å²) in [6.45, 7) is 4.25. The lowest BCUT2D eigenvalue weighted by Crippen LogP contribution is -2.55. The van der Waals surface area contributed by atoms with Gasteiger partial charge in [-0.1, -0.05) is 6.92 Å². The van der Waals surface area contributed by atoms with Crippen LogP contribution in [0, 0.1) is 23.4 Å². The van der Waals surface area contributed by atoms with E-state index in [4.69, 9.17) is 10.5 Å². The first-order valence-corrected chi connectivity index (χ1v) is 13.2. The second-order valence-electron chi connectivity index (χ2n) is 10.4. The number of piperidine rings is 1. The molecule has 4 heterocycles. The molecule has 1 aromatic carbocycles. The number of nitrogens with two attached hydrogens (primary N) is 1. The second kappa shape index (κ2) is 11.4. The monoisotopic (exact) mass is 526 g/mol. The van der Waals surface area contributed by atoms with E-state index in [2.05, 4.69) is 14.9 Å². The van der Waals surface area contributed by atoms with Crippen LogP contribution in [0.25, 0.3) is 11.3 Å². The van der Waals surface area contributed by atoms with Crippen LogP contribution in [0.2, 0.25) is 0 Å². The van der Waals surface area contributed by atoms with Crippen molar-refractivity contribution in [2.24, 2.45) is 11.7 Å². The van der Waals surface area contributed by atoms with E-state index < -0.39 is 29.1 Å². The Balaban J connectivity index is 1.36. The Morgan fingerprint density at radius 1 is 1.03 bits per heavy atom. The summed E-state index contributed by atoms with van der Waals surface area (Å²) >= 11 is 0. The van der Waals surface area contributed by atoms with Crippen molar-refractivity contribution in [2.45, 2.75) is 50.7 Å². The highest BCUT2D eigenvalue weighted by Gasteiger charge is 2.31. The Hall–Kier alpha value is -3.01. The highest BCUT2D eigenvalue weighted by atomic mass is 19.1. The number of aliphatic hydroxyl groups excluding tert-OH is 1. The van der Waals surface area contributed by atoms with Crippen molar-refractivity contribution in [3.8, 4) is 11.3 Å². The van der Waals surface area contributed by atoms with Gasteiger partial charge >= 0.3 is 0 Å². The number of benzene rings is 1. The van der Waals surface area contributed by atoms with Crippen molar-refractivity contribution in [1.82, 2.24) is 9.97 Å². The summed E-state index contributed by atoms with van der Waals surface area (Å²) < 4.78 is 50.4. The molecule has 38 heavy (non-hydrogen) atoms. The smallest absolute Gasteiger partial charge is 0.149 e. The van der Waals surface area contributed by atoms with Crippen molar-refractivity contribution in [2.75, 3.05) is 31.2 Å². The molecular formula is C29H33F3N4O2. The fourth-order valence-corrected chi connectivity index (χ4v) is 5.58. The van der Waals surface area contributed by atoms with Gasteiger partial charge in [-0.3, -0.25) is 4.98 Å². The Kier molecular flexibility index (Phi) is 7.97. The van der Waals surface area contributed by atoms with Gasteiger partial charge in [-0.25, -0.2) is 18.2 Å². The van der Waals surface area contributed by atoms with Gasteiger partial charge < -0.3 is 20.5 Å². The first-order valence-electron chi connectivity index (χ1n) is 13.2. The first-order chi connectivity index (χ1) is 18.3. The van der Waals surface area contributed by atoms with Crippen molar-refractivity contribution < 1.29 is 23.0 Å². The largest absolute Gasteiger partial charge is 0.391 e. The highest BCUT2D eigenvalue weighted by Crippen LogP contribution is 2.34. The summed E-state index contributed by atoms with van der Waals surface area (Å²) in [5, 5.41) is 10.2. The van der Waals surface area contributed by atoms with Crippen LogP contribution in [-0.4, -0.2) is 53.5 Å². The highest BCUT2D eigenvalue weighted by molar-refractivity contribution is 5.62. The minimum Gasteiger partial charge on any atom is -0.391 e. The summed E-state index contributed by atoms with van der Waals surface area (Å²) in [7, 11) is 0. The van der Waals surface area contributed by atoms with Crippen molar-refractivity contribution in [1.29, 1.82) is 0 Å². The van der Waals surface area contributed by atoms with E-state index in [-0.39, 0.29) is 23.6 Å². The Morgan fingerprint density at radius 3 is 2.47 bits per heavy atom. The van der Waals surface area contributed by atoms with E-state index in [1.165, 1.54) is 24.3 Å². The summed E-state index contributed by atoms with van der Waals surface area (Å²) in [4.78, 5) is 10.7.